The number of esters is 1. The van der Waals surface area contributed by atoms with Crippen LogP contribution < -0.4 is 0 Å². The molecule has 1 aromatic carbocycles. The Labute approximate surface area is 192 Å². The number of aromatic nitrogens is 4. The second kappa shape index (κ2) is 7.90. The van der Waals surface area contributed by atoms with Crippen LogP contribution in [0.15, 0.2) is 36.7 Å². The van der Waals surface area contributed by atoms with E-state index in [1.54, 1.807) is 42.4 Å². The molecule has 2 saturated heterocycles. The third kappa shape index (κ3) is 3.89. The van der Waals surface area contributed by atoms with Crippen LogP contribution in [0.2, 0.25) is 10.4 Å². The van der Waals surface area contributed by atoms with Gasteiger partial charge in [-0.1, -0.05) is 29.8 Å². The first-order valence-electron chi connectivity index (χ1n) is 9.61. The molecule has 2 aromatic heterocycles. The van der Waals surface area contributed by atoms with E-state index < -0.39 is 5.79 Å². The van der Waals surface area contributed by atoms with E-state index in [-0.39, 0.29) is 45.8 Å². The van der Waals surface area contributed by atoms with Gasteiger partial charge in [-0.05, 0) is 37.6 Å². The number of halogens is 2. The van der Waals surface area contributed by atoms with E-state index in [0.717, 1.165) is 0 Å². The molecule has 0 amide bonds. The van der Waals surface area contributed by atoms with Gasteiger partial charge in [0.15, 0.2) is 16.6 Å². The highest BCUT2D eigenvalue weighted by Crippen LogP contribution is 2.51. The highest BCUT2D eigenvalue weighted by Gasteiger charge is 2.56. The second-order valence-corrected chi connectivity index (χ2v) is 9.76. The quantitative estimate of drug-likeness (QED) is 0.313. The molecule has 0 saturated carbocycles. The third-order valence-corrected chi connectivity index (χ3v) is 7.10. The van der Waals surface area contributed by atoms with E-state index in [9.17, 15) is 4.79 Å². The van der Waals surface area contributed by atoms with Gasteiger partial charge in [-0.15, -0.1) is 11.8 Å². The van der Waals surface area contributed by atoms with E-state index in [1.807, 2.05) is 24.5 Å². The molecule has 162 valence electrons. The summed E-state index contributed by atoms with van der Waals surface area (Å²) in [6.07, 6.45) is 1.06. The minimum Gasteiger partial charge on any atom is -0.461 e. The van der Waals surface area contributed by atoms with Gasteiger partial charge >= 0.3 is 5.97 Å². The number of imidazole rings is 1. The molecule has 0 aliphatic carbocycles. The Morgan fingerprint density at radius 3 is 2.71 bits per heavy atom. The van der Waals surface area contributed by atoms with Crippen LogP contribution in [-0.4, -0.2) is 55.3 Å². The van der Waals surface area contributed by atoms with Crippen molar-refractivity contribution in [3.8, 4) is 0 Å². The summed E-state index contributed by atoms with van der Waals surface area (Å²) >= 11 is 13.8. The molecule has 0 unspecified atom stereocenters. The van der Waals surface area contributed by atoms with Crippen LogP contribution in [0.5, 0.6) is 0 Å². The number of ether oxygens (including phenoxy) is 3. The zero-order valence-corrected chi connectivity index (χ0v) is 18.9. The van der Waals surface area contributed by atoms with Gasteiger partial charge in [-0.3, -0.25) is 4.57 Å². The maximum absolute atomic E-state index is 12.4. The van der Waals surface area contributed by atoms with Crippen LogP contribution in [0.1, 0.15) is 29.6 Å². The fraction of sp³-hybridized carbons (Fsp3) is 0.400. The molecule has 4 heterocycles. The molecular formula is C20H18Cl2N4O4S. The van der Waals surface area contributed by atoms with Crippen LogP contribution in [-0.2, 0) is 14.2 Å². The number of hydrogen-bond donors (Lipinski definition) is 0. The molecule has 0 radical (unpaired) electrons. The van der Waals surface area contributed by atoms with Crippen molar-refractivity contribution in [2.45, 2.75) is 42.5 Å². The molecule has 4 atom stereocenters. The molecule has 0 spiro atoms. The van der Waals surface area contributed by atoms with E-state index in [1.165, 1.54) is 0 Å². The van der Waals surface area contributed by atoms with E-state index in [0.29, 0.717) is 16.7 Å². The minimum absolute atomic E-state index is 0.0380. The minimum atomic E-state index is -0.767. The van der Waals surface area contributed by atoms with Gasteiger partial charge in [0.1, 0.15) is 29.7 Å². The molecule has 0 bridgehead atoms. The zero-order chi connectivity index (χ0) is 21.8. The van der Waals surface area contributed by atoms with Crippen molar-refractivity contribution in [3.63, 3.8) is 0 Å². The van der Waals surface area contributed by atoms with Gasteiger partial charge in [0.05, 0.1) is 17.1 Å². The summed E-state index contributed by atoms with van der Waals surface area (Å²) in [7, 11) is 0. The summed E-state index contributed by atoms with van der Waals surface area (Å²) in [6.45, 7) is 3.91. The lowest BCUT2D eigenvalue weighted by Gasteiger charge is -2.24. The van der Waals surface area contributed by atoms with E-state index >= 15 is 0 Å². The van der Waals surface area contributed by atoms with Crippen LogP contribution >= 0.6 is 35.0 Å². The molecule has 0 N–H and O–H groups in total. The number of fused-ring (bicyclic) bond motifs is 2. The van der Waals surface area contributed by atoms with Gasteiger partial charge in [0.25, 0.3) is 0 Å². The predicted octanol–water partition coefficient (Wildman–Crippen LogP) is 4.12. The molecule has 5 rings (SSSR count). The number of benzene rings is 1. The van der Waals surface area contributed by atoms with Crippen molar-refractivity contribution < 1.29 is 19.0 Å². The lowest BCUT2D eigenvalue weighted by atomic mass is 10.1. The van der Waals surface area contributed by atoms with Crippen molar-refractivity contribution in [1.82, 2.24) is 19.5 Å². The number of hydrogen-bond acceptors (Lipinski definition) is 8. The van der Waals surface area contributed by atoms with E-state index in [4.69, 9.17) is 37.4 Å². The largest absolute Gasteiger partial charge is 0.461 e. The molecule has 2 aliphatic heterocycles. The van der Waals surface area contributed by atoms with Gasteiger partial charge in [-0.25, -0.2) is 14.8 Å². The number of carbonyl (C=O) groups is 1. The Balaban J connectivity index is 1.42. The van der Waals surface area contributed by atoms with Crippen molar-refractivity contribution in [1.29, 1.82) is 0 Å². The topological polar surface area (TPSA) is 88.4 Å². The Morgan fingerprint density at radius 2 is 1.94 bits per heavy atom. The maximum Gasteiger partial charge on any atom is 0.338 e. The fourth-order valence-electron chi connectivity index (χ4n) is 3.88. The summed E-state index contributed by atoms with van der Waals surface area (Å²) in [4.78, 5) is 25.0. The predicted molar refractivity (Wildman–Crippen MR) is 116 cm³/mol. The maximum atomic E-state index is 12.4. The van der Waals surface area contributed by atoms with Gasteiger partial charge in [0.2, 0.25) is 5.28 Å². The first-order valence-corrected chi connectivity index (χ1v) is 11.3. The molecule has 31 heavy (non-hydrogen) atoms. The summed E-state index contributed by atoms with van der Waals surface area (Å²) in [6, 6.07) is 8.89. The monoisotopic (exact) mass is 480 g/mol. The standard InChI is InChI=1S/C20H18Cl2N4O4S/c1-20(2)29-13-11(8-28-18(27)10-6-4-3-5-7-10)31-17(14(13)30-20)26-9-23-12-15(21)24-19(22)25-16(12)26/h3-7,9,11,13-14,17H,8H2,1-2H3/t11-,13-,14-,17-/m1/s1. The summed E-state index contributed by atoms with van der Waals surface area (Å²) < 4.78 is 19.8. The van der Waals surface area contributed by atoms with Gasteiger partial charge < -0.3 is 14.2 Å². The summed E-state index contributed by atoms with van der Waals surface area (Å²) in [5.41, 5.74) is 1.47. The highest BCUT2D eigenvalue weighted by molar-refractivity contribution is 8.00. The van der Waals surface area contributed by atoms with Crippen LogP contribution in [0.3, 0.4) is 0 Å². The normalized spacial score (nSPS) is 26.8. The van der Waals surface area contributed by atoms with Crippen molar-refractivity contribution in [3.05, 3.63) is 52.7 Å². The van der Waals surface area contributed by atoms with Crippen molar-refractivity contribution in [2.24, 2.45) is 0 Å². The average Bonchev–Trinajstić information content (AvgIpc) is 3.38. The molecular weight excluding hydrogens is 463 g/mol. The third-order valence-electron chi connectivity index (χ3n) is 5.14. The lowest BCUT2D eigenvalue weighted by molar-refractivity contribution is -0.149. The Kier molecular flexibility index (Phi) is 5.34. The Hall–Kier alpha value is -1.91. The summed E-state index contributed by atoms with van der Waals surface area (Å²) in [5.74, 6) is -1.14. The Bertz CT molecular complexity index is 1140. The van der Waals surface area contributed by atoms with Gasteiger partial charge in [0, 0.05) is 0 Å². The smallest absolute Gasteiger partial charge is 0.338 e. The first-order chi connectivity index (χ1) is 14.8. The number of thioether (sulfide) groups is 1. The second-order valence-electron chi connectivity index (χ2n) is 7.70. The zero-order valence-electron chi connectivity index (χ0n) is 16.6. The van der Waals surface area contributed by atoms with Crippen LogP contribution in [0, 0.1) is 0 Å². The molecule has 2 fully saturated rings. The van der Waals surface area contributed by atoms with Crippen LogP contribution in [0.25, 0.3) is 11.2 Å². The van der Waals surface area contributed by atoms with Gasteiger partial charge in [-0.2, -0.15) is 4.98 Å². The molecule has 3 aromatic rings. The Morgan fingerprint density at radius 1 is 1.19 bits per heavy atom. The highest BCUT2D eigenvalue weighted by atomic mass is 35.5. The fourth-order valence-corrected chi connectivity index (χ4v) is 5.82. The molecule has 11 heteroatoms. The SMILES string of the molecule is CC1(C)O[C@@H]2[C@H](O1)[C@@H](COC(=O)c1ccccc1)S[C@H]2n1cnc2c(Cl)nc(Cl)nc21. The number of carbonyl (C=O) groups excluding carboxylic acids is 1. The van der Waals surface area contributed by atoms with E-state index in [2.05, 4.69) is 15.0 Å². The van der Waals surface area contributed by atoms with Crippen molar-refractivity contribution in [2.75, 3.05) is 6.61 Å². The average molecular weight is 481 g/mol. The van der Waals surface area contributed by atoms with Crippen molar-refractivity contribution >= 4 is 52.1 Å². The first kappa shape index (κ1) is 21.0. The van der Waals surface area contributed by atoms with Crippen LogP contribution in [0.4, 0.5) is 0 Å². The summed E-state index contributed by atoms with van der Waals surface area (Å²) in [5, 5.41) is -0.143. The number of nitrogens with zero attached hydrogens (tertiary/aromatic N) is 4. The molecule has 8 nitrogen and oxygen atoms in total. The lowest BCUT2D eigenvalue weighted by Crippen LogP contribution is -2.32. The number of rotatable bonds is 4. The molecule has 2 aliphatic rings.